The van der Waals surface area contributed by atoms with Gasteiger partial charge in [0.05, 0.1) is 12.3 Å². The molecule has 2 aliphatic rings. The minimum absolute atomic E-state index is 0.00385. The summed E-state index contributed by atoms with van der Waals surface area (Å²) in [5, 5.41) is 17.6. The Morgan fingerprint density at radius 2 is 1.95 bits per heavy atom. The number of halogens is 2. The van der Waals surface area contributed by atoms with Crippen LogP contribution in [0.3, 0.4) is 0 Å². The Kier molecular flexibility index (Phi) is 6.78. The molecule has 1 aliphatic carbocycles. The molecule has 10 nitrogen and oxygen atoms in total. The molecule has 1 aliphatic heterocycles. The second kappa shape index (κ2) is 10.3. The van der Waals surface area contributed by atoms with E-state index in [1.165, 1.54) is 6.07 Å². The highest BCUT2D eigenvalue weighted by Gasteiger charge is 2.62. The number of nitrogens with two attached hydrogens (primary N) is 1. The molecule has 3 heterocycles. The summed E-state index contributed by atoms with van der Waals surface area (Å²) < 4.78 is 39.8. The molecular formula is C30H30F2N6O4. The first-order valence-corrected chi connectivity index (χ1v) is 13.7. The second-order valence-electron chi connectivity index (χ2n) is 11.4. The van der Waals surface area contributed by atoms with Crippen molar-refractivity contribution in [1.82, 2.24) is 20.5 Å². The molecule has 2 aromatic carbocycles. The smallest absolute Gasteiger partial charge is 0.272 e. The van der Waals surface area contributed by atoms with Crippen molar-refractivity contribution in [3.8, 4) is 16.9 Å². The average Bonchev–Trinajstić information content (AvgIpc) is 3.23. The van der Waals surface area contributed by atoms with E-state index in [1.807, 2.05) is 45.0 Å². The molecule has 4 aromatic rings. The molecule has 4 atom stereocenters. The van der Waals surface area contributed by atoms with Crippen molar-refractivity contribution in [3.05, 3.63) is 76.4 Å². The summed E-state index contributed by atoms with van der Waals surface area (Å²) in [5.41, 5.74) is 9.97. The van der Waals surface area contributed by atoms with E-state index in [0.717, 1.165) is 28.6 Å². The number of nitrogens with one attached hydrogen (secondary N) is 2. The van der Waals surface area contributed by atoms with Gasteiger partial charge in [-0.25, -0.2) is 13.4 Å². The number of hydrogen-bond acceptors (Lipinski definition) is 7. The molecule has 4 N–H and O–H groups in total. The highest BCUT2D eigenvalue weighted by molar-refractivity contribution is 5.92. The third-order valence-electron chi connectivity index (χ3n) is 8.70. The topological polar surface area (TPSA) is 149 Å². The van der Waals surface area contributed by atoms with Crippen LogP contribution in [0.15, 0.2) is 41.0 Å². The number of nitrogens with zero attached hydrogens (tertiary/aromatic N) is 3. The Bertz CT molecular complexity index is 1660. The summed E-state index contributed by atoms with van der Waals surface area (Å²) in [6.45, 7) is 5.93. The normalized spacial score (nSPS) is 21.5. The SMILES string of the molecule is Cc1n[nH]c(C)c1-c1ccc(NC(=O)CC2c3cc(F)cc(F)c3OCC23CC3CC(C)c2nonc2C(N)=O)cc1. The number of H-pyrrole nitrogens is 1. The number of carbonyl (C=O) groups is 2. The molecule has 1 spiro atoms. The minimum atomic E-state index is -0.795. The zero-order valence-corrected chi connectivity index (χ0v) is 23.3. The van der Waals surface area contributed by atoms with E-state index >= 15 is 0 Å². The van der Waals surface area contributed by atoms with Crippen LogP contribution in [0.5, 0.6) is 5.75 Å². The molecule has 6 rings (SSSR count). The van der Waals surface area contributed by atoms with Gasteiger partial charge >= 0.3 is 0 Å². The lowest BCUT2D eigenvalue weighted by molar-refractivity contribution is -0.117. The second-order valence-corrected chi connectivity index (χ2v) is 11.4. The fraction of sp³-hybridized carbons (Fsp3) is 0.367. The molecule has 0 saturated heterocycles. The predicted molar refractivity (Wildman–Crippen MR) is 148 cm³/mol. The number of fused-ring (bicyclic) bond motifs is 1. The van der Waals surface area contributed by atoms with Gasteiger partial charge in [-0.1, -0.05) is 24.2 Å². The number of amides is 2. The van der Waals surface area contributed by atoms with E-state index in [0.29, 0.717) is 29.8 Å². The van der Waals surface area contributed by atoms with Gasteiger partial charge in [0.1, 0.15) is 11.5 Å². The summed E-state index contributed by atoms with van der Waals surface area (Å²) in [6.07, 6.45) is 1.24. The molecule has 2 amide bonds. The van der Waals surface area contributed by atoms with Gasteiger partial charge in [0.2, 0.25) is 5.91 Å². The number of aryl methyl sites for hydroxylation is 2. The average molecular weight is 577 g/mol. The van der Waals surface area contributed by atoms with E-state index in [2.05, 4.69) is 25.8 Å². The van der Waals surface area contributed by atoms with Crippen LogP contribution in [0.4, 0.5) is 14.5 Å². The van der Waals surface area contributed by atoms with Crippen molar-refractivity contribution in [2.24, 2.45) is 17.1 Å². The highest BCUT2D eigenvalue weighted by atomic mass is 19.1. The molecule has 1 saturated carbocycles. The van der Waals surface area contributed by atoms with Crippen LogP contribution in [0.25, 0.3) is 11.1 Å². The van der Waals surface area contributed by atoms with Crippen LogP contribution < -0.4 is 15.8 Å². The van der Waals surface area contributed by atoms with Crippen molar-refractivity contribution in [3.63, 3.8) is 0 Å². The summed E-state index contributed by atoms with van der Waals surface area (Å²) >= 11 is 0. The molecule has 2 aromatic heterocycles. The largest absolute Gasteiger partial charge is 0.490 e. The number of aromatic nitrogens is 4. The fourth-order valence-corrected chi connectivity index (χ4v) is 6.56. The van der Waals surface area contributed by atoms with Crippen molar-refractivity contribution in [1.29, 1.82) is 0 Å². The summed E-state index contributed by atoms with van der Waals surface area (Å²) in [6, 6.07) is 9.50. The van der Waals surface area contributed by atoms with Gasteiger partial charge in [-0.3, -0.25) is 14.7 Å². The van der Waals surface area contributed by atoms with Crippen molar-refractivity contribution in [2.75, 3.05) is 11.9 Å². The Hall–Kier alpha value is -4.61. The predicted octanol–water partition coefficient (Wildman–Crippen LogP) is 5.16. The summed E-state index contributed by atoms with van der Waals surface area (Å²) in [4.78, 5) is 25.1. The lowest BCUT2D eigenvalue weighted by Crippen LogP contribution is -2.33. The maximum atomic E-state index is 14.7. The molecule has 42 heavy (non-hydrogen) atoms. The van der Waals surface area contributed by atoms with Gasteiger partial charge in [0.15, 0.2) is 17.3 Å². The van der Waals surface area contributed by atoms with E-state index in [1.54, 1.807) is 0 Å². The van der Waals surface area contributed by atoms with Gasteiger partial charge in [0.25, 0.3) is 5.91 Å². The number of anilines is 1. The van der Waals surface area contributed by atoms with E-state index in [9.17, 15) is 18.4 Å². The standard InChI is InChI=1S/C30H30F2N6O4/c1-14(26-27(29(33)40)38-42-37-26)8-18-12-30(18)13-41-28-21(9-19(31)10-23(28)32)22(30)11-24(39)34-20-6-4-17(5-7-20)25-15(2)35-36-16(25)3/h4-7,9-10,14,18,22H,8,11-13H2,1-3H3,(H2,33,40)(H,34,39)(H,35,36). The molecule has 0 bridgehead atoms. The lowest BCUT2D eigenvalue weighted by atomic mass is 9.76. The number of rotatable bonds is 8. The number of hydrogen-bond donors (Lipinski definition) is 3. The molecular weight excluding hydrogens is 546 g/mol. The van der Waals surface area contributed by atoms with Crippen LogP contribution in [-0.4, -0.2) is 38.9 Å². The van der Waals surface area contributed by atoms with Crippen LogP contribution in [0.2, 0.25) is 0 Å². The number of carbonyl (C=O) groups excluding carboxylic acids is 2. The van der Waals surface area contributed by atoms with E-state index in [4.69, 9.17) is 15.1 Å². The van der Waals surface area contributed by atoms with Crippen LogP contribution in [0.1, 0.15) is 71.2 Å². The van der Waals surface area contributed by atoms with Gasteiger partial charge in [-0.05, 0) is 61.5 Å². The first kappa shape index (κ1) is 27.6. The first-order valence-electron chi connectivity index (χ1n) is 13.7. The quantitative estimate of drug-likeness (QED) is 0.262. The molecule has 4 unspecified atom stereocenters. The number of benzene rings is 2. The van der Waals surface area contributed by atoms with Gasteiger partial charge in [0, 0.05) is 52.2 Å². The number of primary amides is 1. The number of ether oxygens (including phenoxy) is 1. The number of aromatic amines is 1. The molecule has 0 radical (unpaired) electrons. The minimum Gasteiger partial charge on any atom is -0.490 e. The highest BCUT2D eigenvalue weighted by Crippen LogP contribution is 2.67. The summed E-state index contributed by atoms with van der Waals surface area (Å²) in [7, 11) is 0. The van der Waals surface area contributed by atoms with Crippen LogP contribution in [-0.2, 0) is 4.79 Å². The Morgan fingerprint density at radius 1 is 1.19 bits per heavy atom. The first-order chi connectivity index (χ1) is 20.1. The van der Waals surface area contributed by atoms with E-state index < -0.39 is 28.9 Å². The van der Waals surface area contributed by atoms with Crippen molar-refractivity contribution < 1.29 is 27.7 Å². The Labute approximate surface area is 240 Å². The molecule has 218 valence electrons. The van der Waals surface area contributed by atoms with E-state index in [-0.39, 0.29) is 42.2 Å². The zero-order valence-electron chi connectivity index (χ0n) is 23.3. The maximum Gasteiger partial charge on any atom is 0.272 e. The van der Waals surface area contributed by atoms with Gasteiger partial charge < -0.3 is 15.8 Å². The molecule has 12 heteroatoms. The third kappa shape index (κ3) is 4.80. The third-order valence-corrected chi connectivity index (χ3v) is 8.70. The van der Waals surface area contributed by atoms with Gasteiger partial charge in [-0.15, -0.1) is 0 Å². The zero-order chi connectivity index (χ0) is 29.8. The van der Waals surface area contributed by atoms with Crippen molar-refractivity contribution >= 4 is 17.5 Å². The Morgan fingerprint density at radius 3 is 2.64 bits per heavy atom. The van der Waals surface area contributed by atoms with Crippen LogP contribution in [0, 0.1) is 36.8 Å². The summed E-state index contributed by atoms with van der Waals surface area (Å²) in [5.74, 6) is -3.26. The fourth-order valence-electron chi connectivity index (χ4n) is 6.56. The van der Waals surface area contributed by atoms with Gasteiger partial charge in [-0.2, -0.15) is 5.10 Å². The molecule has 1 fully saturated rings. The monoisotopic (exact) mass is 576 g/mol. The maximum absolute atomic E-state index is 14.7. The van der Waals surface area contributed by atoms with Crippen LogP contribution >= 0.6 is 0 Å². The van der Waals surface area contributed by atoms with Crippen molar-refractivity contribution in [2.45, 2.75) is 51.9 Å². The Balaban J connectivity index is 1.23. The lowest BCUT2D eigenvalue weighted by Gasteiger charge is -2.35.